The van der Waals surface area contributed by atoms with Crippen LogP contribution in [0.3, 0.4) is 0 Å². The summed E-state index contributed by atoms with van der Waals surface area (Å²) in [5, 5.41) is 0. The third kappa shape index (κ3) is 53.0. The van der Waals surface area contributed by atoms with Crippen LogP contribution in [0.5, 0.6) is 0 Å². The molecule has 0 spiro atoms. The van der Waals surface area contributed by atoms with Gasteiger partial charge in [0, 0.05) is 19.3 Å². The lowest BCUT2D eigenvalue weighted by Crippen LogP contribution is -2.30. The van der Waals surface area contributed by atoms with Crippen LogP contribution in [0.25, 0.3) is 0 Å². The molecule has 0 fully saturated rings. The van der Waals surface area contributed by atoms with Crippen molar-refractivity contribution in [1.29, 1.82) is 0 Å². The van der Waals surface area contributed by atoms with Crippen LogP contribution in [0, 0.1) is 0 Å². The second-order valence-electron chi connectivity index (χ2n) is 19.9. The average molecular weight is 918 g/mol. The Morgan fingerprint density at radius 1 is 0.292 bits per heavy atom. The third-order valence-corrected chi connectivity index (χ3v) is 13.3. The standard InChI is InChI=1S/C59H112O6/c1-4-7-10-13-16-19-22-25-27-29-31-34-37-40-43-46-49-52-58(61)64-55-56(54-63-57(60)51-48-45-42-39-36-33-24-21-18-15-12-9-6-3)65-59(62)53-50-47-44-41-38-35-32-30-28-26-23-20-17-14-11-8-5-2/h21,24,56H,4-20,22-23,25-55H2,1-3H3/b24-21-/t56-/m0/s1. The van der Waals surface area contributed by atoms with Gasteiger partial charge in [0.15, 0.2) is 6.10 Å². The molecule has 0 aromatic carbocycles. The number of ether oxygens (including phenoxy) is 3. The van der Waals surface area contributed by atoms with E-state index in [4.69, 9.17) is 14.2 Å². The number of carbonyl (C=O) groups excluding carboxylic acids is 3. The van der Waals surface area contributed by atoms with E-state index < -0.39 is 6.10 Å². The van der Waals surface area contributed by atoms with Crippen LogP contribution in [0.1, 0.15) is 329 Å². The topological polar surface area (TPSA) is 78.9 Å². The SMILES string of the molecule is CCCCCC/C=C\CCCCCCCC(=O)OC[C@@H](COC(=O)CCCCCCCCCCCCCCCCCCC)OC(=O)CCCCCCCCCCCCCCCCCCC. The first-order valence-corrected chi connectivity index (χ1v) is 29.2. The molecule has 0 rings (SSSR count). The Kier molecular flexibility index (Phi) is 53.2. The molecule has 0 aromatic heterocycles. The lowest BCUT2D eigenvalue weighted by molar-refractivity contribution is -0.167. The Morgan fingerprint density at radius 2 is 0.508 bits per heavy atom. The molecule has 0 amide bonds. The highest BCUT2D eigenvalue weighted by Crippen LogP contribution is 2.17. The summed E-state index contributed by atoms with van der Waals surface area (Å²) in [5.41, 5.74) is 0. The Labute approximate surface area is 405 Å². The van der Waals surface area contributed by atoms with Gasteiger partial charge in [-0.05, 0) is 44.9 Å². The fourth-order valence-corrected chi connectivity index (χ4v) is 8.85. The number of rotatable bonds is 54. The number of unbranched alkanes of at least 4 members (excludes halogenated alkanes) is 41. The minimum atomic E-state index is -0.767. The van der Waals surface area contributed by atoms with E-state index >= 15 is 0 Å². The highest BCUT2D eigenvalue weighted by Gasteiger charge is 2.19. The van der Waals surface area contributed by atoms with Gasteiger partial charge in [0.2, 0.25) is 0 Å². The van der Waals surface area contributed by atoms with Crippen molar-refractivity contribution < 1.29 is 28.6 Å². The van der Waals surface area contributed by atoms with E-state index in [9.17, 15) is 14.4 Å². The predicted molar refractivity (Wildman–Crippen MR) is 280 cm³/mol. The minimum Gasteiger partial charge on any atom is -0.462 e. The zero-order valence-corrected chi connectivity index (χ0v) is 44.0. The molecule has 0 radical (unpaired) electrons. The lowest BCUT2D eigenvalue weighted by Gasteiger charge is -2.18. The number of hydrogen-bond donors (Lipinski definition) is 0. The molecule has 6 heteroatoms. The van der Waals surface area contributed by atoms with Gasteiger partial charge in [-0.25, -0.2) is 0 Å². The Hall–Kier alpha value is -1.85. The molecule has 0 aliphatic heterocycles. The predicted octanol–water partition coefficient (Wildman–Crippen LogP) is 19.3. The molecule has 0 unspecified atom stereocenters. The van der Waals surface area contributed by atoms with Crippen LogP contribution in [0.4, 0.5) is 0 Å². The second kappa shape index (κ2) is 54.8. The van der Waals surface area contributed by atoms with Crippen molar-refractivity contribution in [2.45, 2.75) is 335 Å². The molecule has 1 atom stereocenters. The molecule has 0 heterocycles. The normalized spacial score (nSPS) is 12.0. The number of hydrogen-bond acceptors (Lipinski definition) is 6. The van der Waals surface area contributed by atoms with Crippen molar-refractivity contribution in [3.05, 3.63) is 12.2 Å². The molecule has 384 valence electrons. The van der Waals surface area contributed by atoms with Gasteiger partial charge in [0.1, 0.15) is 13.2 Å². The molecule has 0 saturated heterocycles. The summed E-state index contributed by atoms with van der Waals surface area (Å²) in [6.07, 6.45) is 62.0. The van der Waals surface area contributed by atoms with Crippen molar-refractivity contribution in [2.75, 3.05) is 13.2 Å². The maximum atomic E-state index is 12.9. The average Bonchev–Trinajstić information content (AvgIpc) is 3.30. The van der Waals surface area contributed by atoms with Crippen LogP contribution in [0.2, 0.25) is 0 Å². The molecule has 0 aliphatic rings. The zero-order chi connectivity index (χ0) is 47.2. The van der Waals surface area contributed by atoms with E-state index in [0.717, 1.165) is 64.2 Å². The van der Waals surface area contributed by atoms with Gasteiger partial charge < -0.3 is 14.2 Å². The summed E-state index contributed by atoms with van der Waals surface area (Å²) in [6.45, 7) is 6.68. The van der Waals surface area contributed by atoms with Crippen LogP contribution >= 0.6 is 0 Å². The first-order valence-electron chi connectivity index (χ1n) is 29.2. The van der Waals surface area contributed by atoms with Gasteiger partial charge in [0.25, 0.3) is 0 Å². The second-order valence-corrected chi connectivity index (χ2v) is 19.9. The monoisotopic (exact) mass is 917 g/mol. The minimum absolute atomic E-state index is 0.0664. The fourth-order valence-electron chi connectivity index (χ4n) is 8.85. The molecular formula is C59H112O6. The lowest BCUT2D eigenvalue weighted by atomic mass is 10.0. The third-order valence-electron chi connectivity index (χ3n) is 13.3. The van der Waals surface area contributed by atoms with Gasteiger partial charge in [0.05, 0.1) is 0 Å². The van der Waals surface area contributed by atoms with Gasteiger partial charge in [-0.3, -0.25) is 14.4 Å². The summed E-state index contributed by atoms with van der Waals surface area (Å²) in [5.74, 6) is -0.850. The maximum absolute atomic E-state index is 12.9. The van der Waals surface area contributed by atoms with E-state index in [1.165, 1.54) is 225 Å². The van der Waals surface area contributed by atoms with Crippen molar-refractivity contribution in [3.8, 4) is 0 Å². The quantitative estimate of drug-likeness (QED) is 0.0262. The van der Waals surface area contributed by atoms with Gasteiger partial charge >= 0.3 is 17.9 Å². The summed E-state index contributed by atoms with van der Waals surface area (Å²) in [7, 11) is 0. The molecule has 6 nitrogen and oxygen atoms in total. The van der Waals surface area contributed by atoms with E-state index in [1.54, 1.807) is 0 Å². The Bertz CT molecular complexity index is 1010. The largest absolute Gasteiger partial charge is 0.462 e. The Balaban J connectivity index is 4.30. The van der Waals surface area contributed by atoms with E-state index in [2.05, 4.69) is 32.9 Å². The zero-order valence-electron chi connectivity index (χ0n) is 44.0. The van der Waals surface area contributed by atoms with Gasteiger partial charge in [-0.2, -0.15) is 0 Å². The molecular weight excluding hydrogens is 805 g/mol. The fraction of sp³-hybridized carbons (Fsp3) is 0.915. The summed E-state index contributed by atoms with van der Waals surface area (Å²) < 4.78 is 16.9. The van der Waals surface area contributed by atoms with Crippen LogP contribution in [0.15, 0.2) is 12.2 Å². The number of allylic oxidation sites excluding steroid dienone is 2. The molecule has 0 aliphatic carbocycles. The first kappa shape index (κ1) is 63.1. The molecule has 0 aromatic rings. The highest BCUT2D eigenvalue weighted by molar-refractivity contribution is 5.71. The highest BCUT2D eigenvalue weighted by atomic mass is 16.6. The smallest absolute Gasteiger partial charge is 0.306 e. The Morgan fingerprint density at radius 3 is 0.785 bits per heavy atom. The van der Waals surface area contributed by atoms with Crippen LogP contribution < -0.4 is 0 Å². The van der Waals surface area contributed by atoms with Crippen molar-refractivity contribution in [1.82, 2.24) is 0 Å². The number of esters is 3. The van der Waals surface area contributed by atoms with Gasteiger partial charge in [-0.1, -0.05) is 277 Å². The van der Waals surface area contributed by atoms with Crippen LogP contribution in [-0.4, -0.2) is 37.2 Å². The number of carbonyl (C=O) groups is 3. The first-order chi connectivity index (χ1) is 32.0. The summed E-state index contributed by atoms with van der Waals surface area (Å²) >= 11 is 0. The van der Waals surface area contributed by atoms with E-state index in [-0.39, 0.29) is 31.1 Å². The van der Waals surface area contributed by atoms with Crippen molar-refractivity contribution >= 4 is 17.9 Å². The van der Waals surface area contributed by atoms with Gasteiger partial charge in [-0.15, -0.1) is 0 Å². The summed E-state index contributed by atoms with van der Waals surface area (Å²) in [4.78, 5) is 38.1. The molecule has 0 N–H and O–H groups in total. The molecule has 0 saturated carbocycles. The van der Waals surface area contributed by atoms with Crippen LogP contribution in [-0.2, 0) is 28.6 Å². The van der Waals surface area contributed by atoms with E-state index in [0.29, 0.717) is 19.3 Å². The maximum Gasteiger partial charge on any atom is 0.306 e. The molecule has 65 heavy (non-hydrogen) atoms. The van der Waals surface area contributed by atoms with Crippen molar-refractivity contribution in [3.63, 3.8) is 0 Å². The molecule has 0 bridgehead atoms. The van der Waals surface area contributed by atoms with E-state index in [1.807, 2.05) is 0 Å². The summed E-state index contributed by atoms with van der Waals surface area (Å²) in [6, 6.07) is 0. The van der Waals surface area contributed by atoms with Crippen molar-refractivity contribution in [2.24, 2.45) is 0 Å².